The summed E-state index contributed by atoms with van der Waals surface area (Å²) in [4.78, 5) is 0. The van der Waals surface area contributed by atoms with Crippen molar-refractivity contribution in [2.45, 2.75) is 46.5 Å². The Morgan fingerprint density at radius 1 is 1.25 bits per heavy atom. The highest BCUT2D eigenvalue weighted by atomic mass is 14.9. The Bertz CT molecular complexity index is 123. The predicted molar refractivity (Wildman–Crippen MR) is 54.3 cm³/mol. The summed E-state index contributed by atoms with van der Waals surface area (Å²) >= 11 is 0. The standard InChI is InChI=1S/C11H23N/c1-4-12-9-11(10(2)3)7-5-6-8-11/h10,12H,4-9H2,1-3H3. The van der Waals surface area contributed by atoms with Gasteiger partial charge in [-0.1, -0.05) is 33.6 Å². The second-order valence-corrected chi connectivity index (χ2v) is 4.50. The van der Waals surface area contributed by atoms with Crippen LogP contribution in [0.1, 0.15) is 46.5 Å². The molecular weight excluding hydrogens is 146 g/mol. The van der Waals surface area contributed by atoms with E-state index in [1.165, 1.54) is 32.2 Å². The minimum atomic E-state index is 0.635. The lowest BCUT2D eigenvalue weighted by Crippen LogP contribution is -2.36. The van der Waals surface area contributed by atoms with E-state index in [2.05, 4.69) is 26.1 Å². The van der Waals surface area contributed by atoms with Crippen molar-refractivity contribution < 1.29 is 0 Å². The lowest BCUT2D eigenvalue weighted by atomic mass is 9.75. The summed E-state index contributed by atoms with van der Waals surface area (Å²) in [5.41, 5.74) is 0.635. The van der Waals surface area contributed by atoms with E-state index < -0.39 is 0 Å². The maximum absolute atomic E-state index is 3.51. The maximum atomic E-state index is 3.51. The van der Waals surface area contributed by atoms with Gasteiger partial charge in [-0.2, -0.15) is 0 Å². The van der Waals surface area contributed by atoms with Crippen molar-refractivity contribution >= 4 is 0 Å². The molecule has 0 amide bonds. The van der Waals surface area contributed by atoms with Gasteiger partial charge in [-0.05, 0) is 30.7 Å². The van der Waals surface area contributed by atoms with Crippen LogP contribution in [-0.2, 0) is 0 Å². The molecule has 1 heteroatoms. The monoisotopic (exact) mass is 169 g/mol. The van der Waals surface area contributed by atoms with E-state index in [1.807, 2.05) is 0 Å². The molecule has 1 rings (SSSR count). The molecule has 72 valence electrons. The van der Waals surface area contributed by atoms with E-state index in [-0.39, 0.29) is 0 Å². The summed E-state index contributed by atoms with van der Waals surface area (Å²) < 4.78 is 0. The Morgan fingerprint density at radius 2 is 1.83 bits per heavy atom. The van der Waals surface area contributed by atoms with E-state index in [0.717, 1.165) is 12.5 Å². The van der Waals surface area contributed by atoms with E-state index in [4.69, 9.17) is 0 Å². The van der Waals surface area contributed by atoms with Gasteiger partial charge in [0.25, 0.3) is 0 Å². The lowest BCUT2D eigenvalue weighted by molar-refractivity contribution is 0.190. The molecule has 0 bridgehead atoms. The molecule has 0 aromatic heterocycles. The Hall–Kier alpha value is -0.0400. The molecule has 12 heavy (non-hydrogen) atoms. The van der Waals surface area contributed by atoms with Gasteiger partial charge in [0.05, 0.1) is 0 Å². The summed E-state index contributed by atoms with van der Waals surface area (Å²) in [5.74, 6) is 0.846. The van der Waals surface area contributed by atoms with Gasteiger partial charge in [-0.15, -0.1) is 0 Å². The van der Waals surface area contributed by atoms with Crippen LogP contribution in [0.3, 0.4) is 0 Å². The van der Waals surface area contributed by atoms with Crippen LogP contribution in [0.2, 0.25) is 0 Å². The minimum Gasteiger partial charge on any atom is -0.316 e. The average molecular weight is 169 g/mol. The molecule has 1 N–H and O–H groups in total. The highest BCUT2D eigenvalue weighted by Gasteiger charge is 2.35. The van der Waals surface area contributed by atoms with Crippen LogP contribution in [0.15, 0.2) is 0 Å². The van der Waals surface area contributed by atoms with E-state index in [9.17, 15) is 0 Å². The highest BCUT2D eigenvalue weighted by molar-refractivity contribution is 4.88. The van der Waals surface area contributed by atoms with Crippen LogP contribution in [0.25, 0.3) is 0 Å². The fraction of sp³-hybridized carbons (Fsp3) is 1.00. The first-order valence-corrected chi connectivity index (χ1v) is 5.42. The zero-order chi connectivity index (χ0) is 9.03. The smallest absolute Gasteiger partial charge is 0.00101 e. The van der Waals surface area contributed by atoms with Crippen molar-refractivity contribution in [3.05, 3.63) is 0 Å². The molecule has 0 aliphatic heterocycles. The zero-order valence-electron chi connectivity index (χ0n) is 8.82. The number of hydrogen-bond donors (Lipinski definition) is 1. The Morgan fingerprint density at radius 3 is 2.25 bits per heavy atom. The zero-order valence-corrected chi connectivity index (χ0v) is 8.82. The average Bonchev–Trinajstić information content (AvgIpc) is 2.50. The lowest BCUT2D eigenvalue weighted by Gasteiger charge is -2.33. The molecule has 1 fully saturated rings. The Kier molecular flexibility index (Phi) is 3.57. The summed E-state index contributed by atoms with van der Waals surface area (Å²) in [6.45, 7) is 9.31. The molecule has 0 saturated heterocycles. The molecule has 0 atom stereocenters. The third-order valence-corrected chi connectivity index (χ3v) is 3.55. The van der Waals surface area contributed by atoms with Crippen LogP contribution < -0.4 is 5.32 Å². The maximum Gasteiger partial charge on any atom is 0.00101 e. The molecule has 0 spiro atoms. The van der Waals surface area contributed by atoms with Crippen LogP contribution in [0.4, 0.5) is 0 Å². The molecule has 1 saturated carbocycles. The van der Waals surface area contributed by atoms with Gasteiger partial charge in [0.2, 0.25) is 0 Å². The van der Waals surface area contributed by atoms with Crippen molar-refractivity contribution in [1.29, 1.82) is 0 Å². The van der Waals surface area contributed by atoms with Gasteiger partial charge in [0, 0.05) is 6.54 Å². The molecule has 0 unspecified atom stereocenters. The summed E-state index contributed by atoms with van der Waals surface area (Å²) in [7, 11) is 0. The molecule has 0 radical (unpaired) electrons. The van der Waals surface area contributed by atoms with Gasteiger partial charge in [0.1, 0.15) is 0 Å². The third kappa shape index (κ3) is 2.01. The van der Waals surface area contributed by atoms with Crippen LogP contribution >= 0.6 is 0 Å². The van der Waals surface area contributed by atoms with Gasteiger partial charge < -0.3 is 5.32 Å². The van der Waals surface area contributed by atoms with E-state index >= 15 is 0 Å². The van der Waals surface area contributed by atoms with E-state index in [0.29, 0.717) is 5.41 Å². The van der Waals surface area contributed by atoms with Crippen molar-refractivity contribution in [3.8, 4) is 0 Å². The Balaban J connectivity index is 2.47. The van der Waals surface area contributed by atoms with Crippen LogP contribution in [-0.4, -0.2) is 13.1 Å². The molecule has 1 nitrogen and oxygen atoms in total. The largest absolute Gasteiger partial charge is 0.316 e. The number of rotatable bonds is 4. The molecule has 0 aromatic rings. The molecule has 0 aromatic carbocycles. The van der Waals surface area contributed by atoms with Gasteiger partial charge in [0.15, 0.2) is 0 Å². The quantitative estimate of drug-likeness (QED) is 0.682. The van der Waals surface area contributed by atoms with Crippen molar-refractivity contribution in [2.24, 2.45) is 11.3 Å². The highest BCUT2D eigenvalue weighted by Crippen LogP contribution is 2.43. The van der Waals surface area contributed by atoms with E-state index in [1.54, 1.807) is 0 Å². The summed E-state index contributed by atoms with van der Waals surface area (Å²) in [6.07, 6.45) is 5.78. The minimum absolute atomic E-state index is 0.635. The Labute approximate surface area is 76.9 Å². The van der Waals surface area contributed by atoms with Crippen LogP contribution in [0, 0.1) is 11.3 Å². The first-order valence-electron chi connectivity index (χ1n) is 5.42. The van der Waals surface area contributed by atoms with Gasteiger partial charge >= 0.3 is 0 Å². The SMILES string of the molecule is CCNCC1(C(C)C)CCCC1. The number of nitrogens with one attached hydrogen (secondary N) is 1. The van der Waals surface area contributed by atoms with Crippen LogP contribution in [0.5, 0.6) is 0 Å². The van der Waals surface area contributed by atoms with Gasteiger partial charge in [-0.25, -0.2) is 0 Å². The fourth-order valence-corrected chi connectivity index (χ4v) is 2.41. The molecule has 0 heterocycles. The second-order valence-electron chi connectivity index (χ2n) is 4.50. The molecular formula is C11H23N. The van der Waals surface area contributed by atoms with Crippen molar-refractivity contribution in [3.63, 3.8) is 0 Å². The first kappa shape index (κ1) is 10.0. The second kappa shape index (κ2) is 4.27. The molecule has 1 aliphatic rings. The normalized spacial score (nSPS) is 22.0. The molecule has 1 aliphatic carbocycles. The summed E-state index contributed by atoms with van der Waals surface area (Å²) in [6, 6.07) is 0. The van der Waals surface area contributed by atoms with Crippen molar-refractivity contribution in [1.82, 2.24) is 5.32 Å². The van der Waals surface area contributed by atoms with Gasteiger partial charge in [-0.3, -0.25) is 0 Å². The third-order valence-electron chi connectivity index (χ3n) is 3.55. The van der Waals surface area contributed by atoms with Crippen molar-refractivity contribution in [2.75, 3.05) is 13.1 Å². The summed E-state index contributed by atoms with van der Waals surface area (Å²) in [5, 5.41) is 3.51. The topological polar surface area (TPSA) is 12.0 Å². The first-order chi connectivity index (χ1) is 5.71. The number of hydrogen-bond acceptors (Lipinski definition) is 1. The predicted octanol–water partition coefficient (Wildman–Crippen LogP) is 2.81. The fourth-order valence-electron chi connectivity index (χ4n) is 2.41.